The molecule has 0 bridgehead atoms. The third-order valence-corrected chi connectivity index (χ3v) is 5.89. The smallest absolute Gasteiger partial charge is 0.0473 e. The van der Waals surface area contributed by atoms with Gasteiger partial charge in [0.05, 0.1) is 0 Å². The predicted molar refractivity (Wildman–Crippen MR) is 50.1 cm³/mol. The molecule has 60 valence electrons. The Balaban J connectivity index is 2.45. The Kier molecular flexibility index (Phi) is 2.23. The lowest BCUT2D eigenvalue weighted by atomic mass is 10.1. The highest BCUT2D eigenvalue weighted by Gasteiger charge is 2.31. The summed E-state index contributed by atoms with van der Waals surface area (Å²) in [6, 6.07) is 0. The second kappa shape index (κ2) is 2.69. The molecule has 1 heteroatoms. The fourth-order valence-corrected chi connectivity index (χ4v) is 4.14. The summed E-state index contributed by atoms with van der Waals surface area (Å²) >= 11 is 0. The Labute approximate surface area is 66.0 Å². The van der Waals surface area contributed by atoms with E-state index in [1.54, 1.807) is 0 Å². The van der Waals surface area contributed by atoms with Crippen LogP contribution in [0.3, 0.4) is 0 Å². The molecule has 0 spiro atoms. The van der Waals surface area contributed by atoms with E-state index in [-0.39, 0.29) is 0 Å². The molecule has 0 heterocycles. The van der Waals surface area contributed by atoms with E-state index in [4.69, 9.17) is 0 Å². The highest BCUT2D eigenvalue weighted by atomic mass is 28.3. The zero-order chi connectivity index (χ0) is 7.78. The van der Waals surface area contributed by atoms with Gasteiger partial charge in [-0.1, -0.05) is 45.8 Å². The molecule has 10 heavy (non-hydrogen) atoms. The van der Waals surface area contributed by atoms with E-state index in [1.165, 1.54) is 19.3 Å². The molecule has 2 atom stereocenters. The molecule has 0 amide bonds. The van der Waals surface area contributed by atoms with Crippen LogP contribution in [0.2, 0.25) is 25.2 Å². The zero-order valence-electron chi connectivity index (χ0n) is 7.78. The van der Waals surface area contributed by atoms with Gasteiger partial charge in [-0.3, -0.25) is 0 Å². The van der Waals surface area contributed by atoms with Crippen molar-refractivity contribution in [2.24, 2.45) is 5.92 Å². The molecule has 0 aromatic carbocycles. The Morgan fingerprint density at radius 3 is 1.90 bits per heavy atom. The minimum absolute atomic E-state index is 0.766. The summed E-state index contributed by atoms with van der Waals surface area (Å²) in [5.74, 6) is 1.02. The van der Waals surface area contributed by atoms with Crippen LogP contribution >= 0.6 is 0 Å². The van der Waals surface area contributed by atoms with Crippen molar-refractivity contribution in [3.63, 3.8) is 0 Å². The van der Waals surface area contributed by atoms with Gasteiger partial charge in [-0.15, -0.1) is 0 Å². The van der Waals surface area contributed by atoms with Crippen molar-refractivity contribution in [2.45, 2.75) is 51.4 Å². The highest BCUT2D eigenvalue weighted by Crippen LogP contribution is 2.41. The van der Waals surface area contributed by atoms with Crippen LogP contribution in [0.1, 0.15) is 26.2 Å². The van der Waals surface area contributed by atoms with Crippen LogP contribution in [0.15, 0.2) is 0 Å². The van der Waals surface area contributed by atoms with Crippen molar-refractivity contribution in [3.05, 3.63) is 0 Å². The molecule has 0 saturated heterocycles. The molecule has 1 rings (SSSR count). The molecule has 0 N–H and O–H groups in total. The first-order valence-electron chi connectivity index (χ1n) is 4.50. The van der Waals surface area contributed by atoms with E-state index in [0.717, 1.165) is 11.5 Å². The minimum atomic E-state index is -0.766. The summed E-state index contributed by atoms with van der Waals surface area (Å²) < 4.78 is 0. The van der Waals surface area contributed by atoms with Crippen molar-refractivity contribution >= 4 is 8.07 Å². The molecule has 2 unspecified atom stereocenters. The lowest BCUT2D eigenvalue weighted by molar-refractivity contribution is 0.610. The molecule has 0 aromatic rings. The fourth-order valence-electron chi connectivity index (χ4n) is 1.99. The summed E-state index contributed by atoms with van der Waals surface area (Å²) in [5.41, 5.74) is 1.13. The summed E-state index contributed by atoms with van der Waals surface area (Å²) in [5, 5.41) is 0. The first kappa shape index (κ1) is 8.31. The van der Waals surface area contributed by atoms with E-state index < -0.39 is 8.07 Å². The van der Waals surface area contributed by atoms with Gasteiger partial charge in [-0.25, -0.2) is 0 Å². The quantitative estimate of drug-likeness (QED) is 0.510. The largest absolute Gasteiger partial charge is 0.0693 e. The van der Waals surface area contributed by atoms with Gasteiger partial charge < -0.3 is 0 Å². The topological polar surface area (TPSA) is 0 Å². The maximum absolute atomic E-state index is 2.51. The molecule has 0 aliphatic heterocycles. The average Bonchev–Trinajstić information content (AvgIpc) is 2.11. The minimum Gasteiger partial charge on any atom is -0.0693 e. The second-order valence-electron chi connectivity index (χ2n) is 4.98. The molecule has 0 radical (unpaired) electrons. The summed E-state index contributed by atoms with van der Waals surface area (Å²) in [7, 11) is -0.766. The van der Waals surface area contributed by atoms with Crippen LogP contribution < -0.4 is 0 Å². The zero-order valence-corrected chi connectivity index (χ0v) is 8.78. The monoisotopic (exact) mass is 156 g/mol. The van der Waals surface area contributed by atoms with Crippen LogP contribution in [-0.4, -0.2) is 8.07 Å². The Morgan fingerprint density at radius 2 is 1.70 bits per heavy atom. The normalized spacial score (nSPS) is 34.8. The number of hydrogen-bond donors (Lipinski definition) is 0. The van der Waals surface area contributed by atoms with Crippen molar-refractivity contribution in [2.75, 3.05) is 0 Å². The molecule has 0 aromatic heterocycles. The van der Waals surface area contributed by atoms with Gasteiger partial charge in [0.15, 0.2) is 0 Å². The van der Waals surface area contributed by atoms with Crippen LogP contribution in [0, 0.1) is 5.92 Å². The second-order valence-corrected chi connectivity index (χ2v) is 10.5. The Morgan fingerprint density at radius 1 is 1.10 bits per heavy atom. The number of hydrogen-bond acceptors (Lipinski definition) is 0. The SMILES string of the molecule is CC1CCC([Si](C)(C)C)C1. The lowest BCUT2D eigenvalue weighted by Gasteiger charge is -2.24. The van der Waals surface area contributed by atoms with Gasteiger partial charge in [0.2, 0.25) is 0 Å². The average molecular weight is 156 g/mol. The summed E-state index contributed by atoms with van der Waals surface area (Å²) in [6.45, 7) is 9.93. The van der Waals surface area contributed by atoms with Crippen molar-refractivity contribution in [1.82, 2.24) is 0 Å². The van der Waals surface area contributed by atoms with Crippen LogP contribution in [0.25, 0.3) is 0 Å². The van der Waals surface area contributed by atoms with Gasteiger partial charge in [0.25, 0.3) is 0 Å². The van der Waals surface area contributed by atoms with E-state index in [2.05, 4.69) is 26.6 Å². The summed E-state index contributed by atoms with van der Waals surface area (Å²) in [6.07, 6.45) is 4.54. The van der Waals surface area contributed by atoms with Crippen molar-refractivity contribution < 1.29 is 0 Å². The van der Waals surface area contributed by atoms with Crippen LogP contribution in [0.4, 0.5) is 0 Å². The first-order valence-corrected chi connectivity index (χ1v) is 8.08. The third kappa shape index (κ3) is 1.85. The third-order valence-electron chi connectivity index (χ3n) is 2.92. The van der Waals surface area contributed by atoms with E-state index >= 15 is 0 Å². The summed E-state index contributed by atoms with van der Waals surface area (Å²) in [4.78, 5) is 0. The van der Waals surface area contributed by atoms with Gasteiger partial charge >= 0.3 is 0 Å². The standard InChI is InChI=1S/C9H20Si/c1-8-5-6-9(7-8)10(2,3)4/h8-9H,5-7H2,1-4H3. The van der Waals surface area contributed by atoms with Crippen LogP contribution in [-0.2, 0) is 0 Å². The van der Waals surface area contributed by atoms with E-state index in [9.17, 15) is 0 Å². The van der Waals surface area contributed by atoms with Gasteiger partial charge in [-0.05, 0) is 11.5 Å². The maximum Gasteiger partial charge on any atom is 0.0473 e. The molecule has 1 aliphatic rings. The van der Waals surface area contributed by atoms with Gasteiger partial charge in [-0.2, -0.15) is 0 Å². The maximum atomic E-state index is 2.51. The fraction of sp³-hybridized carbons (Fsp3) is 1.00. The van der Waals surface area contributed by atoms with E-state index in [0.29, 0.717) is 0 Å². The molecule has 1 saturated carbocycles. The molecular weight excluding hydrogens is 136 g/mol. The Bertz CT molecular complexity index is 112. The van der Waals surface area contributed by atoms with Crippen molar-refractivity contribution in [1.29, 1.82) is 0 Å². The van der Waals surface area contributed by atoms with Crippen molar-refractivity contribution in [3.8, 4) is 0 Å². The predicted octanol–water partition coefficient (Wildman–Crippen LogP) is 3.51. The first-order chi connectivity index (χ1) is 4.50. The van der Waals surface area contributed by atoms with E-state index in [1.807, 2.05) is 0 Å². The van der Waals surface area contributed by atoms with Gasteiger partial charge in [0, 0.05) is 8.07 Å². The molecular formula is C9H20Si. The van der Waals surface area contributed by atoms with Crippen LogP contribution in [0.5, 0.6) is 0 Å². The highest BCUT2D eigenvalue weighted by molar-refractivity contribution is 6.77. The Hall–Kier alpha value is 0.217. The lowest BCUT2D eigenvalue weighted by Crippen LogP contribution is -2.26. The molecule has 0 nitrogen and oxygen atoms in total. The molecule has 1 fully saturated rings. The van der Waals surface area contributed by atoms with Gasteiger partial charge in [0.1, 0.15) is 0 Å². The molecule has 1 aliphatic carbocycles. The number of rotatable bonds is 1.